The maximum Gasteiger partial charge on any atom is 0.340 e. The van der Waals surface area contributed by atoms with Gasteiger partial charge in [-0.05, 0) is 59.0 Å². The van der Waals surface area contributed by atoms with E-state index in [9.17, 15) is 9.59 Å². The first-order chi connectivity index (χ1) is 11.8. The third-order valence-corrected chi connectivity index (χ3v) is 5.82. The SMILES string of the molecule is CCC(C)(C)C1CCC(NC(=O)COC(=O)c2cncc(Br)c2)CC1. The van der Waals surface area contributed by atoms with E-state index in [-0.39, 0.29) is 18.6 Å². The van der Waals surface area contributed by atoms with E-state index < -0.39 is 5.97 Å². The fourth-order valence-electron chi connectivity index (χ4n) is 3.32. The quantitative estimate of drug-likeness (QED) is 0.716. The zero-order valence-electron chi connectivity index (χ0n) is 15.2. The molecule has 0 saturated heterocycles. The fraction of sp³-hybridized carbons (Fsp3) is 0.632. The van der Waals surface area contributed by atoms with Gasteiger partial charge in [0.05, 0.1) is 5.56 Å². The lowest BCUT2D eigenvalue weighted by atomic mass is 9.69. The second kappa shape index (κ2) is 8.79. The highest BCUT2D eigenvalue weighted by Crippen LogP contribution is 2.40. The predicted molar refractivity (Wildman–Crippen MR) is 100 cm³/mol. The van der Waals surface area contributed by atoms with Crippen LogP contribution in [-0.4, -0.2) is 29.5 Å². The highest BCUT2D eigenvalue weighted by molar-refractivity contribution is 9.10. The van der Waals surface area contributed by atoms with Crippen LogP contribution in [0.2, 0.25) is 0 Å². The zero-order valence-corrected chi connectivity index (χ0v) is 16.8. The minimum Gasteiger partial charge on any atom is -0.452 e. The van der Waals surface area contributed by atoms with Gasteiger partial charge in [-0.1, -0.05) is 27.2 Å². The van der Waals surface area contributed by atoms with E-state index in [0.717, 1.165) is 25.7 Å². The lowest BCUT2D eigenvalue weighted by molar-refractivity contribution is -0.125. The first kappa shape index (κ1) is 19.9. The third-order valence-electron chi connectivity index (χ3n) is 5.38. The molecule has 1 aliphatic carbocycles. The topological polar surface area (TPSA) is 68.3 Å². The van der Waals surface area contributed by atoms with Crippen LogP contribution in [0.3, 0.4) is 0 Å². The van der Waals surface area contributed by atoms with Gasteiger partial charge < -0.3 is 10.1 Å². The van der Waals surface area contributed by atoms with Crippen LogP contribution in [0.25, 0.3) is 0 Å². The third kappa shape index (κ3) is 5.80. The molecule has 1 aliphatic rings. The van der Waals surface area contributed by atoms with Crippen LogP contribution in [0.5, 0.6) is 0 Å². The van der Waals surface area contributed by atoms with Crippen LogP contribution >= 0.6 is 15.9 Å². The Bertz CT molecular complexity index is 610. The molecule has 1 N–H and O–H groups in total. The molecule has 6 heteroatoms. The Balaban J connectivity index is 1.74. The second-order valence-electron chi connectivity index (χ2n) is 7.43. The Hall–Kier alpha value is -1.43. The molecule has 1 fully saturated rings. The first-order valence-electron chi connectivity index (χ1n) is 8.89. The maximum absolute atomic E-state index is 12.0. The molecule has 0 aliphatic heterocycles. The highest BCUT2D eigenvalue weighted by atomic mass is 79.9. The standard InChI is InChI=1S/C19H27BrN2O3/c1-4-19(2,3)14-5-7-16(8-6-14)22-17(23)12-25-18(24)13-9-15(20)11-21-10-13/h9-11,14,16H,4-8,12H2,1-3H3,(H,22,23). The van der Waals surface area contributed by atoms with Crippen molar-refractivity contribution in [2.75, 3.05) is 6.61 Å². The van der Waals surface area contributed by atoms with Crippen molar-refractivity contribution in [2.24, 2.45) is 11.3 Å². The summed E-state index contributed by atoms with van der Waals surface area (Å²) in [5.74, 6) is -0.0700. The van der Waals surface area contributed by atoms with Gasteiger partial charge in [-0.2, -0.15) is 0 Å². The Kier molecular flexibility index (Phi) is 6.99. The number of hydrogen-bond acceptors (Lipinski definition) is 4. The monoisotopic (exact) mass is 410 g/mol. The smallest absolute Gasteiger partial charge is 0.340 e. The van der Waals surface area contributed by atoms with Crippen LogP contribution in [-0.2, 0) is 9.53 Å². The van der Waals surface area contributed by atoms with Gasteiger partial charge in [0.2, 0.25) is 0 Å². The summed E-state index contributed by atoms with van der Waals surface area (Å²) in [6, 6.07) is 1.80. The molecule has 0 aromatic carbocycles. The molecule has 5 nitrogen and oxygen atoms in total. The van der Waals surface area contributed by atoms with E-state index in [4.69, 9.17) is 4.74 Å². The molecule has 1 heterocycles. The van der Waals surface area contributed by atoms with Crippen molar-refractivity contribution in [1.82, 2.24) is 10.3 Å². The first-order valence-corrected chi connectivity index (χ1v) is 9.68. The summed E-state index contributed by atoms with van der Waals surface area (Å²) >= 11 is 3.25. The Labute approximate surface area is 158 Å². The molecule has 0 unspecified atom stereocenters. The van der Waals surface area contributed by atoms with Gasteiger partial charge in [0, 0.05) is 22.9 Å². The van der Waals surface area contributed by atoms with Gasteiger partial charge in [0.25, 0.3) is 5.91 Å². The predicted octanol–water partition coefficient (Wildman–Crippen LogP) is 4.11. The van der Waals surface area contributed by atoms with Gasteiger partial charge >= 0.3 is 5.97 Å². The molecule has 138 valence electrons. The van der Waals surface area contributed by atoms with Crippen molar-refractivity contribution in [3.8, 4) is 0 Å². The minimum absolute atomic E-state index is 0.183. The van der Waals surface area contributed by atoms with Crippen LogP contribution in [0.1, 0.15) is 63.2 Å². The zero-order chi connectivity index (χ0) is 18.4. The Morgan fingerprint density at radius 2 is 1.96 bits per heavy atom. The molecule has 0 radical (unpaired) electrons. The van der Waals surface area contributed by atoms with Crippen molar-refractivity contribution in [3.63, 3.8) is 0 Å². The Morgan fingerprint density at radius 1 is 1.28 bits per heavy atom. The number of amides is 1. The van der Waals surface area contributed by atoms with E-state index in [2.05, 4.69) is 47.0 Å². The normalized spacial score (nSPS) is 20.8. The number of aromatic nitrogens is 1. The lowest BCUT2D eigenvalue weighted by Crippen LogP contribution is -2.41. The number of hydrogen-bond donors (Lipinski definition) is 1. The molecule has 1 aromatic heterocycles. The van der Waals surface area contributed by atoms with Gasteiger partial charge in [-0.25, -0.2) is 4.79 Å². The highest BCUT2D eigenvalue weighted by Gasteiger charge is 2.32. The summed E-state index contributed by atoms with van der Waals surface area (Å²) in [4.78, 5) is 27.9. The molecular formula is C19H27BrN2O3. The summed E-state index contributed by atoms with van der Waals surface area (Å²) < 4.78 is 5.76. The van der Waals surface area contributed by atoms with Crippen molar-refractivity contribution >= 4 is 27.8 Å². The van der Waals surface area contributed by atoms with E-state index >= 15 is 0 Å². The molecule has 2 rings (SSSR count). The largest absolute Gasteiger partial charge is 0.452 e. The number of carbonyl (C=O) groups is 2. The van der Waals surface area contributed by atoms with E-state index in [1.807, 2.05) is 0 Å². The van der Waals surface area contributed by atoms with Crippen LogP contribution in [0.15, 0.2) is 22.9 Å². The number of rotatable bonds is 6. The number of esters is 1. The number of halogens is 1. The summed E-state index contributed by atoms with van der Waals surface area (Å²) in [7, 11) is 0. The molecule has 0 spiro atoms. The average molecular weight is 411 g/mol. The van der Waals surface area contributed by atoms with Crippen molar-refractivity contribution in [3.05, 3.63) is 28.5 Å². The molecule has 1 saturated carbocycles. The second-order valence-corrected chi connectivity index (χ2v) is 8.34. The molecular weight excluding hydrogens is 384 g/mol. The summed E-state index contributed by atoms with van der Waals surface area (Å²) in [6.07, 6.45) is 8.42. The van der Waals surface area contributed by atoms with Crippen LogP contribution in [0, 0.1) is 11.3 Å². The van der Waals surface area contributed by atoms with Crippen LogP contribution < -0.4 is 5.32 Å². The summed E-state index contributed by atoms with van der Waals surface area (Å²) in [5.41, 5.74) is 0.687. The number of pyridine rings is 1. The number of nitrogens with one attached hydrogen (secondary N) is 1. The number of nitrogens with zero attached hydrogens (tertiary/aromatic N) is 1. The van der Waals surface area contributed by atoms with Crippen LogP contribution in [0.4, 0.5) is 0 Å². The van der Waals surface area contributed by atoms with Gasteiger partial charge in [-0.3, -0.25) is 9.78 Å². The molecule has 25 heavy (non-hydrogen) atoms. The summed E-state index contributed by atoms with van der Waals surface area (Å²) in [5, 5.41) is 2.99. The molecule has 1 aromatic rings. The number of ether oxygens (including phenoxy) is 1. The van der Waals surface area contributed by atoms with Crippen molar-refractivity contribution < 1.29 is 14.3 Å². The van der Waals surface area contributed by atoms with E-state index in [0.29, 0.717) is 21.4 Å². The number of carbonyl (C=O) groups excluding carboxylic acids is 2. The molecule has 0 bridgehead atoms. The Morgan fingerprint density at radius 3 is 2.56 bits per heavy atom. The fourth-order valence-corrected chi connectivity index (χ4v) is 3.68. The minimum atomic E-state index is -0.544. The van der Waals surface area contributed by atoms with Gasteiger partial charge in [0.1, 0.15) is 0 Å². The molecule has 1 amide bonds. The maximum atomic E-state index is 12.0. The molecule has 0 atom stereocenters. The van der Waals surface area contributed by atoms with E-state index in [1.165, 1.54) is 12.6 Å². The summed E-state index contributed by atoms with van der Waals surface area (Å²) in [6.45, 7) is 6.63. The van der Waals surface area contributed by atoms with Gasteiger partial charge in [-0.15, -0.1) is 0 Å². The van der Waals surface area contributed by atoms with Crippen molar-refractivity contribution in [1.29, 1.82) is 0 Å². The van der Waals surface area contributed by atoms with E-state index in [1.54, 1.807) is 12.3 Å². The van der Waals surface area contributed by atoms with Crippen molar-refractivity contribution in [2.45, 2.75) is 58.9 Å². The van der Waals surface area contributed by atoms with Gasteiger partial charge in [0.15, 0.2) is 6.61 Å². The average Bonchev–Trinajstić information content (AvgIpc) is 2.60. The lowest BCUT2D eigenvalue weighted by Gasteiger charge is -2.39.